The van der Waals surface area contributed by atoms with Crippen LogP contribution in [0.2, 0.25) is 0 Å². The molecule has 0 N–H and O–H groups in total. The smallest absolute Gasteiger partial charge is 0.150 e. The summed E-state index contributed by atoms with van der Waals surface area (Å²) in [6.07, 6.45) is 3.76. The topological polar surface area (TPSA) is 50.1 Å². The molecule has 3 nitrogen and oxygen atoms in total. The van der Waals surface area contributed by atoms with Gasteiger partial charge in [-0.1, -0.05) is 6.42 Å². The largest absolute Gasteiger partial charge is 0.492 e. The summed E-state index contributed by atoms with van der Waals surface area (Å²) in [5.41, 5.74) is 0.356. The molecule has 1 aromatic carbocycles. The van der Waals surface area contributed by atoms with Crippen molar-refractivity contribution in [1.82, 2.24) is 0 Å². The molecule has 0 spiro atoms. The van der Waals surface area contributed by atoms with Gasteiger partial charge in [0.2, 0.25) is 0 Å². The molecule has 0 heterocycles. The zero-order chi connectivity index (χ0) is 11.4. The maximum absolute atomic E-state index is 10.5. The van der Waals surface area contributed by atoms with Crippen LogP contribution in [0.1, 0.15) is 29.6 Å². The molecule has 1 aliphatic carbocycles. The van der Waals surface area contributed by atoms with Crippen LogP contribution in [0.5, 0.6) is 5.75 Å². The van der Waals surface area contributed by atoms with Gasteiger partial charge in [-0.15, -0.1) is 0 Å². The first-order valence-electron chi connectivity index (χ1n) is 5.37. The second kappa shape index (κ2) is 4.36. The lowest BCUT2D eigenvalue weighted by molar-refractivity contribution is 0.112. The number of ether oxygens (including phenoxy) is 1. The fourth-order valence-corrected chi connectivity index (χ4v) is 1.76. The van der Waals surface area contributed by atoms with Crippen molar-refractivity contribution in [2.45, 2.75) is 19.3 Å². The van der Waals surface area contributed by atoms with Crippen LogP contribution in [0.4, 0.5) is 0 Å². The lowest BCUT2D eigenvalue weighted by Gasteiger charge is -2.34. The van der Waals surface area contributed by atoms with Gasteiger partial charge in [-0.05, 0) is 37.1 Å². The molecule has 1 aliphatic rings. The molecule has 0 bridgehead atoms. The number of aldehydes is 1. The molecule has 0 amide bonds. The highest BCUT2D eigenvalue weighted by Crippen LogP contribution is 2.40. The standard InChI is InChI=1S/C13H13NO2/c14-9-13(6-1-7-13)10-16-12-4-2-11(8-15)3-5-12/h2-5,8H,1,6-7,10H2. The summed E-state index contributed by atoms with van der Waals surface area (Å²) >= 11 is 0. The van der Waals surface area contributed by atoms with Crippen molar-refractivity contribution in [2.75, 3.05) is 6.61 Å². The summed E-state index contributed by atoms with van der Waals surface area (Å²) in [5, 5.41) is 9.02. The number of nitriles is 1. The zero-order valence-electron chi connectivity index (χ0n) is 8.98. The Hall–Kier alpha value is -1.82. The molecule has 3 heteroatoms. The molecular formula is C13H13NO2. The molecule has 1 aromatic rings. The molecule has 0 saturated heterocycles. The van der Waals surface area contributed by atoms with Crippen molar-refractivity contribution < 1.29 is 9.53 Å². The number of nitrogens with zero attached hydrogens (tertiary/aromatic N) is 1. The Balaban J connectivity index is 1.94. The highest BCUT2D eigenvalue weighted by Gasteiger charge is 2.38. The van der Waals surface area contributed by atoms with Crippen LogP contribution in [0.3, 0.4) is 0 Å². The zero-order valence-corrected chi connectivity index (χ0v) is 8.98. The number of carbonyl (C=O) groups is 1. The monoisotopic (exact) mass is 215 g/mol. The van der Waals surface area contributed by atoms with E-state index in [1.54, 1.807) is 24.3 Å². The van der Waals surface area contributed by atoms with Crippen molar-refractivity contribution in [3.63, 3.8) is 0 Å². The Labute approximate surface area is 94.6 Å². The van der Waals surface area contributed by atoms with Crippen molar-refractivity contribution in [3.05, 3.63) is 29.8 Å². The van der Waals surface area contributed by atoms with E-state index in [0.29, 0.717) is 17.9 Å². The minimum absolute atomic E-state index is 0.274. The van der Waals surface area contributed by atoms with Gasteiger partial charge >= 0.3 is 0 Å². The molecule has 0 unspecified atom stereocenters. The van der Waals surface area contributed by atoms with Gasteiger partial charge in [0.15, 0.2) is 0 Å². The Morgan fingerprint density at radius 2 is 2.06 bits per heavy atom. The fourth-order valence-electron chi connectivity index (χ4n) is 1.76. The number of benzene rings is 1. The molecule has 2 rings (SSSR count). The minimum Gasteiger partial charge on any atom is -0.492 e. The van der Waals surface area contributed by atoms with Crippen molar-refractivity contribution in [1.29, 1.82) is 5.26 Å². The van der Waals surface area contributed by atoms with Crippen molar-refractivity contribution in [2.24, 2.45) is 5.41 Å². The van der Waals surface area contributed by atoms with Crippen LogP contribution < -0.4 is 4.74 Å². The summed E-state index contributed by atoms with van der Waals surface area (Å²) in [5.74, 6) is 0.715. The Bertz CT molecular complexity index is 413. The Morgan fingerprint density at radius 1 is 1.38 bits per heavy atom. The summed E-state index contributed by atoms with van der Waals surface area (Å²) in [6, 6.07) is 9.26. The molecular weight excluding hydrogens is 202 g/mol. The van der Waals surface area contributed by atoms with E-state index in [-0.39, 0.29) is 5.41 Å². The first-order valence-corrected chi connectivity index (χ1v) is 5.37. The van der Waals surface area contributed by atoms with E-state index in [2.05, 4.69) is 6.07 Å². The molecule has 82 valence electrons. The van der Waals surface area contributed by atoms with Crippen LogP contribution >= 0.6 is 0 Å². The number of rotatable bonds is 4. The predicted molar refractivity (Wildman–Crippen MR) is 59.2 cm³/mol. The van der Waals surface area contributed by atoms with Crippen LogP contribution in [0.25, 0.3) is 0 Å². The number of carbonyl (C=O) groups excluding carboxylic acids is 1. The van der Waals surface area contributed by atoms with Crippen molar-refractivity contribution in [3.8, 4) is 11.8 Å². The lowest BCUT2D eigenvalue weighted by Crippen LogP contribution is -2.34. The van der Waals surface area contributed by atoms with Crippen LogP contribution in [0.15, 0.2) is 24.3 Å². The van der Waals surface area contributed by atoms with E-state index in [4.69, 9.17) is 10.00 Å². The summed E-state index contributed by atoms with van der Waals surface area (Å²) < 4.78 is 5.57. The molecule has 1 saturated carbocycles. The maximum atomic E-state index is 10.5. The predicted octanol–water partition coefficient (Wildman–Crippen LogP) is 2.57. The summed E-state index contributed by atoms with van der Waals surface area (Å²) in [6.45, 7) is 0.448. The van der Waals surface area contributed by atoms with Crippen LogP contribution in [-0.2, 0) is 0 Å². The lowest BCUT2D eigenvalue weighted by atomic mass is 9.71. The van der Waals surface area contributed by atoms with Gasteiger partial charge in [-0.2, -0.15) is 5.26 Å². The quantitative estimate of drug-likeness (QED) is 0.725. The normalized spacial score (nSPS) is 16.9. The molecule has 16 heavy (non-hydrogen) atoms. The molecule has 0 aromatic heterocycles. The second-order valence-corrected chi connectivity index (χ2v) is 4.22. The average molecular weight is 215 g/mol. The minimum atomic E-state index is -0.274. The SMILES string of the molecule is N#CC1(COc2ccc(C=O)cc2)CCC1. The first kappa shape index (κ1) is 10.7. The van der Waals surface area contributed by atoms with Gasteiger partial charge in [0.1, 0.15) is 18.6 Å². The third kappa shape index (κ3) is 2.06. The van der Waals surface area contributed by atoms with Gasteiger partial charge in [0.05, 0.1) is 11.5 Å². The second-order valence-electron chi connectivity index (χ2n) is 4.22. The molecule has 0 radical (unpaired) electrons. The fraction of sp³-hybridized carbons (Fsp3) is 0.385. The highest BCUT2D eigenvalue weighted by molar-refractivity contribution is 5.74. The van der Waals surface area contributed by atoms with Gasteiger partial charge in [0, 0.05) is 5.56 Å². The van der Waals surface area contributed by atoms with Gasteiger partial charge in [-0.25, -0.2) is 0 Å². The van der Waals surface area contributed by atoms with Gasteiger partial charge in [-0.3, -0.25) is 4.79 Å². The third-order valence-electron chi connectivity index (χ3n) is 3.08. The Kier molecular flexibility index (Phi) is 2.91. The number of hydrogen-bond acceptors (Lipinski definition) is 3. The van der Waals surface area contributed by atoms with Crippen LogP contribution in [-0.4, -0.2) is 12.9 Å². The summed E-state index contributed by atoms with van der Waals surface area (Å²) in [4.78, 5) is 10.5. The molecule has 1 fully saturated rings. The van der Waals surface area contributed by atoms with Gasteiger partial charge in [0.25, 0.3) is 0 Å². The average Bonchev–Trinajstić information content (AvgIpc) is 2.29. The highest BCUT2D eigenvalue weighted by atomic mass is 16.5. The van der Waals surface area contributed by atoms with E-state index in [1.807, 2.05) is 0 Å². The third-order valence-corrected chi connectivity index (χ3v) is 3.08. The number of hydrogen-bond donors (Lipinski definition) is 0. The summed E-state index contributed by atoms with van der Waals surface area (Å²) in [7, 11) is 0. The van der Waals surface area contributed by atoms with E-state index in [1.165, 1.54) is 0 Å². The molecule has 0 aliphatic heterocycles. The van der Waals surface area contributed by atoms with Gasteiger partial charge < -0.3 is 4.74 Å². The van der Waals surface area contributed by atoms with E-state index in [9.17, 15) is 4.79 Å². The van der Waals surface area contributed by atoms with Crippen molar-refractivity contribution >= 4 is 6.29 Å². The first-order chi connectivity index (χ1) is 7.78. The van der Waals surface area contributed by atoms with Crippen LogP contribution in [0, 0.1) is 16.7 Å². The van der Waals surface area contributed by atoms with E-state index in [0.717, 1.165) is 25.5 Å². The van der Waals surface area contributed by atoms with E-state index < -0.39 is 0 Å². The van der Waals surface area contributed by atoms with E-state index >= 15 is 0 Å². The maximum Gasteiger partial charge on any atom is 0.150 e. The Morgan fingerprint density at radius 3 is 2.50 bits per heavy atom. The molecule has 0 atom stereocenters.